The maximum atomic E-state index is 3.37. The summed E-state index contributed by atoms with van der Waals surface area (Å²) in [6, 6.07) is 0. The number of nitrogens with zero attached hydrogens (tertiary/aromatic N) is 1. The first-order chi connectivity index (χ1) is 14.4. The van der Waals surface area contributed by atoms with Crippen LogP contribution in [0.5, 0.6) is 0 Å². The molecule has 0 aliphatic rings. The van der Waals surface area contributed by atoms with Gasteiger partial charge in [0.15, 0.2) is 0 Å². The minimum Gasteiger partial charge on any atom is -0.344 e. The van der Waals surface area contributed by atoms with Crippen LogP contribution in [0.25, 0.3) is 0 Å². The standard InChI is InChI=1S/C28H63NSi2/c1-14-15-16-17-18-19-20-21-22-29(30(23(2)3,24(4)5)25(6)7)31(26(8)9,27(10)11)28(12)13/h23-28H,14-22H2,1-13H3. The highest BCUT2D eigenvalue weighted by molar-refractivity contribution is 6.96. The fraction of sp³-hybridized carbons (Fsp3) is 1.00. The van der Waals surface area contributed by atoms with Gasteiger partial charge in [-0.2, -0.15) is 0 Å². The normalized spacial score (nSPS) is 13.9. The van der Waals surface area contributed by atoms with Crippen molar-refractivity contribution in [2.45, 2.75) is 175 Å². The van der Waals surface area contributed by atoms with Crippen molar-refractivity contribution in [2.75, 3.05) is 6.54 Å². The van der Waals surface area contributed by atoms with E-state index in [1.807, 2.05) is 0 Å². The molecule has 0 heterocycles. The first-order valence-electron chi connectivity index (χ1n) is 14.1. The first kappa shape index (κ1) is 31.4. The molecule has 0 radical (unpaired) electrons. The Labute approximate surface area is 201 Å². The summed E-state index contributed by atoms with van der Waals surface area (Å²) in [5, 5.41) is 0. The van der Waals surface area contributed by atoms with Gasteiger partial charge in [0, 0.05) is 0 Å². The summed E-state index contributed by atoms with van der Waals surface area (Å²) in [6.45, 7) is 34.6. The number of unbranched alkanes of at least 4 members (excludes halogenated alkanes) is 7. The van der Waals surface area contributed by atoms with Crippen LogP contribution >= 0.6 is 0 Å². The molecule has 0 N–H and O–H groups in total. The lowest BCUT2D eigenvalue weighted by molar-refractivity contribution is 0.467. The van der Waals surface area contributed by atoms with Crippen molar-refractivity contribution < 1.29 is 0 Å². The molecule has 3 heteroatoms. The second kappa shape index (κ2) is 14.6. The maximum absolute atomic E-state index is 3.37. The predicted molar refractivity (Wildman–Crippen MR) is 151 cm³/mol. The molecule has 0 rings (SSSR count). The zero-order valence-electron chi connectivity index (χ0n) is 24.3. The lowest BCUT2D eigenvalue weighted by Crippen LogP contribution is -2.73. The van der Waals surface area contributed by atoms with Crippen LogP contribution in [-0.4, -0.2) is 27.2 Å². The topological polar surface area (TPSA) is 3.24 Å². The molecule has 0 saturated heterocycles. The van der Waals surface area contributed by atoms with E-state index in [-0.39, 0.29) is 0 Å². The summed E-state index contributed by atoms with van der Waals surface area (Å²) in [4.78, 5) is 0. The molecule has 0 aliphatic heterocycles. The molecule has 188 valence electrons. The lowest BCUT2D eigenvalue weighted by atomic mass is 10.1. The summed E-state index contributed by atoms with van der Waals surface area (Å²) in [5.41, 5.74) is 4.86. The van der Waals surface area contributed by atoms with Crippen LogP contribution in [0.1, 0.15) is 141 Å². The molecule has 0 amide bonds. The molecule has 0 unspecified atom stereocenters. The molecule has 0 bridgehead atoms. The lowest BCUT2D eigenvalue weighted by Gasteiger charge is -2.63. The molecule has 0 aliphatic carbocycles. The fourth-order valence-electron chi connectivity index (χ4n) is 8.00. The van der Waals surface area contributed by atoms with Crippen LogP contribution in [0, 0.1) is 0 Å². The molecule has 0 spiro atoms. The largest absolute Gasteiger partial charge is 0.344 e. The van der Waals surface area contributed by atoms with Gasteiger partial charge in [-0.15, -0.1) is 0 Å². The average Bonchev–Trinajstić information content (AvgIpc) is 2.62. The Hall–Kier alpha value is 0.394. The molecule has 0 saturated carbocycles. The molecular weight excluding hydrogens is 406 g/mol. The Morgan fingerprint density at radius 3 is 0.935 bits per heavy atom. The third-order valence-corrected chi connectivity index (χ3v) is 24.5. The molecular formula is C28H63NSi2. The van der Waals surface area contributed by atoms with Crippen molar-refractivity contribution in [3.05, 3.63) is 0 Å². The van der Waals surface area contributed by atoms with E-state index in [1.165, 1.54) is 57.9 Å². The Kier molecular flexibility index (Phi) is 14.8. The van der Waals surface area contributed by atoms with Gasteiger partial charge in [-0.25, -0.2) is 0 Å². The first-order valence-corrected chi connectivity index (χ1v) is 18.5. The fourth-order valence-corrected chi connectivity index (χ4v) is 28.2. The van der Waals surface area contributed by atoms with E-state index in [9.17, 15) is 0 Å². The van der Waals surface area contributed by atoms with Crippen LogP contribution in [0.4, 0.5) is 0 Å². The summed E-state index contributed by atoms with van der Waals surface area (Å²) in [5.74, 6) is 0. The second-order valence-electron chi connectivity index (χ2n) is 12.3. The van der Waals surface area contributed by atoms with E-state index in [4.69, 9.17) is 0 Å². The molecule has 0 atom stereocenters. The van der Waals surface area contributed by atoms with Crippen LogP contribution in [0.15, 0.2) is 0 Å². The van der Waals surface area contributed by atoms with Crippen molar-refractivity contribution in [1.82, 2.24) is 4.23 Å². The molecule has 0 aromatic carbocycles. The Morgan fingerprint density at radius 1 is 0.419 bits per heavy atom. The molecule has 0 fully saturated rings. The quantitative estimate of drug-likeness (QED) is 0.151. The second-order valence-corrected chi connectivity index (χ2v) is 24.3. The van der Waals surface area contributed by atoms with Gasteiger partial charge in [-0.1, -0.05) is 135 Å². The van der Waals surface area contributed by atoms with E-state index in [0.717, 1.165) is 33.2 Å². The number of hydrogen-bond acceptors (Lipinski definition) is 1. The van der Waals surface area contributed by atoms with Gasteiger partial charge in [0.05, 0.1) is 0 Å². The number of rotatable bonds is 17. The van der Waals surface area contributed by atoms with Crippen LogP contribution in [0.3, 0.4) is 0 Å². The third kappa shape index (κ3) is 7.19. The van der Waals surface area contributed by atoms with Gasteiger partial charge in [0.1, 0.15) is 16.5 Å². The van der Waals surface area contributed by atoms with Gasteiger partial charge in [0.25, 0.3) is 0 Å². The van der Waals surface area contributed by atoms with Crippen LogP contribution in [-0.2, 0) is 0 Å². The monoisotopic (exact) mass is 469 g/mol. The van der Waals surface area contributed by atoms with Crippen molar-refractivity contribution in [2.24, 2.45) is 0 Å². The summed E-state index contributed by atoms with van der Waals surface area (Å²) >= 11 is 0. The van der Waals surface area contributed by atoms with Gasteiger partial charge >= 0.3 is 0 Å². The van der Waals surface area contributed by atoms with Crippen molar-refractivity contribution in [3.8, 4) is 0 Å². The molecule has 0 aromatic heterocycles. The van der Waals surface area contributed by atoms with E-state index >= 15 is 0 Å². The zero-order valence-corrected chi connectivity index (χ0v) is 26.3. The van der Waals surface area contributed by atoms with Gasteiger partial charge in [-0.05, 0) is 46.2 Å². The van der Waals surface area contributed by atoms with Gasteiger partial charge in [-0.3, -0.25) is 0 Å². The number of hydrogen-bond donors (Lipinski definition) is 0. The summed E-state index contributed by atoms with van der Waals surface area (Å²) in [6.07, 6.45) is 11.4. The molecule has 0 aromatic rings. The highest BCUT2D eigenvalue weighted by Gasteiger charge is 2.58. The van der Waals surface area contributed by atoms with E-state index in [0.29, 0.717) is 0 Å². The maximum Gasteiger partial charge on any atom is 0.129 e. The minimum atomic E-state index is -1.67. The molecule has 1 nitrogen and oxygen atoms in total. The predicted octanol–water partition coefficient (Wildman–Crippen LogP) is 10.8. The Bertz CT molecular complexity index is 378. The van der Waals surface area contributed by atoms with Gasteiger partial charge in [0.2, 0.25) is 0 Å². The summed E-state index contributed by atoms with van der Waals surface area (Å²) in [7, 11) is -3.34. The van der Waals surface area contributed by atoms with Crippen molar-refractivity contribution >= 4 is 16.5 Å². The SMILES string of the molecule is CCCCCCCCCCN([Si](C(C)C)(C(C)C)C(C)C)[Si](C(C)C)(C(C)C)C(C)C. The zero-order chi connectivity index (χ0) is 24.4. The van der Waals surface area contributed by atoms with Crippen LogP contribution in [0.2, 0.25) is 33.2 Å². The average molecular weight is 470 g/mol. The highest BCUT2D eigenvalue weighted by atomic mass is 28.4. The van der Waals surface area contributed by atoms with Crippen molar-refractivity contribution in [1.29, 1.82) is 0 Å². The van der Waals surface area contributed by atoms with Gasteiger partial charge < -0.3 is 4.23 Å². The van der Waals surface area contributed by atoms with E-state index in [1.54, 1.807) is 0 Å². The minimum absolute atomic E-state index is 0.810. The smallest absolute Gasteiger partial charge is 0.129 e. The Balaban J connectivity index is 6.03. The highest BCUT2D eigenvalue weighted by Crippen LogP contribution is 2.53. The third-order valence-electron chi connectivity index (χ3n) is 8.72. The van der Waals surface area contributed by atoms with E-state index in [2.05, 4.69) is 94.2 Å². The van der Waals surface area contributed by atoms with E-state index < -0.39 is 16.5 Å². The Morgan fingerprint density at radius 2 is 0.677 bits per heavy atom. The van der Waals surface area contributed by atoms with Crippen LogP contribution < -0.4 is 0 Å². The van der Waals surface area contributed by atoms with Crippen molar-refractivity contribution in [3.63, 3.8) is 0 Å². The summed E-state index contributed by atoms with van der Waals surface area (Å²) < 4.78 is 3.37. The molecule has 31 heavy (non-hydrogen) atoms.